The van der Waals surface area contributed by atoms with E-state index in [0.717, 1.165) is 24.6 Å². The maximum Gasteiger partial charge on any atom is 0.157 e. The molecule has 0 bridgehead atoms. The lowest BCUT2D eigenvalue weighted by molar-refractivity contribution is 0.403. The standard InChI is InChI=1S/C11H15NO2.ClH/c13-10-4-1-8(7-11(10)14)5-6-12-9-2-3-9;/h1,4,7,9,12-14H,2-3,5-6H2;1H. The average Bonchev–Trinajstić information content (AvgIpc) is 2.95. The van der Waals surface area contributed by atoms with Gasteiger partial charge in [0, 0.05) is 6.04 Å². The van der Waals surface area contributed by atoms with Crippen LogP contribution < -0.4 is 5.32 Å². The molecule has 3 N–H and O–H groups in total. The number of nitrogens with one attached hydrogen (secondary N) is 1. The average molecular weight is 230 g/mol. The molecule has 0 heterocycles. The largest absolute Gasteiger partial charge is 0.504 e. The third-order valence-corrected chi connectivity index (χ3v) is 2.46. The fourth-order valence-corrected chi connectivity index (χ4v) is 1.43. The minimum absolute atomic E-state index is 0. The fourth-order valence-electron chi connectivity index (χ4n) is 1.43. The summed E-state index contributed by atoms with van der Waals surface area (Å²) in [6, 6.07) is 5.70. The molecule has 0 aromatic heterocycles. The summed E-state index contributed by atoms with van der Waals surface area (Å²) in [6.45, 7) is 0.939. The van der Waals surface area contributed by atoms with Crippen LogP contribution in [0.4, 0.5) is 0 Å². The molecule has 3 nitrogen and oxygen atoms in total. The monoisotopic (exact) mass is 229 g/mol. The molecule has 1 saturated carbocycles. The lowest BCUT2D eigenvalue weighted by atomic mass is 10.1. The van der Waals surface area contributed by atoms with E-state index in [1.807, 2.05) is 6.07 Å². The quantitative estimate of drug-likeness (QED) is 0.691. The summed E-state index contributed by atoms with van der Waals surface area (Å²) in [5.74, 6) is -0.0853. The number of phenolic OH excluding ortho intramolecular Hbond substituents is 2. The fraction of sp³-hybridized carbons (Fsp3) is 0.455. The summed E-state index contributed by atoms with van der Waals surface area (Å²) in [5, 5.41) is 21.7. The number of rotatable bonds is 4. The van der Waals surface area contributed by atoms with Gasteiger partial charge in [0.2, 0.25) is 0 Å². The second kappa shape index (κ2) is 5.24. The van der Waals surface area contributed by atoms with Crippen molar-refractivity contribution in [3.8, 4) is 11.5 Å². The summed E-state index contributed by atoms with van der Waals surface area (Å²) in [4.78, 5) is 0. The van der Waals surface area contributed by atoms with E-state index in [9.17, 15) is 5.11 Å². The molecule has 0 aliphatic heterocycles. The SMILES string of the molecule is Cl.Oc1ccc(CCNC2CC2)cc1O. The molecule has 1 aromatic carbocycles. The number of hydrogen-bond donors (Lipinski definition) is 3. The van der Waals surface area contributed by atoms with E-state index in [2.05, 4.69) is 5.32 Å². The van der Waals surface area contributed by atoms with Crippen LogP contribution >= 0.6 is 12.4 Å². The minimum Gasteiger partial charge on any atom is -0.504 e. The van der Waals surface area contributed by atoms with Gasteiger partial charge in [-0.25, -0.2) is 0 Å². The first-order valence-electron chi connectivity index (χ1n) is 5.00. The van der Waals surface area contributed by atoms with E-state index < -0.39 is 0 Å². The van der Waals surface area contributed by atoms with E-state index in [-0.39, 0.29) is 23.9 Å². The third kappa shape index (κ3) is 3.61. The minimum atomic E-state index is -0.0519. The molecule has 1 aromatic rings. The van der Waals surface area contributed by atoms with Crippen molar-refractivity contribution in [1.29, 1.82) is 0 Å². The van der Waals surface area contributed by atoms with E-state index in [0.29, 0.717) is 0 Å². The van der Waals surface area contributed by atoms with Crippen molar-refractivity contribution in [2.45, 2.75) is 25.3 Å². The Morgan fingerprint density at radius 1 is 1.20 bits per heavy atom. The molecular formula is C11H16ClNO2. The normalized spacial score (nSPS) is 14.7. The lowest BCUT2D eigenvalue weighted by Crippen LogP contribution is -2.19. The van der Waals surface area contributed by atoms with Crippen LogP contribution in [0, 0.1) is 0 Å². The van der Waals surface area contributed by atoms with Gasteiger partial charge in [0.25, 0.3) is 0 Å². The van der Waals surface area contributed by atoms with Crippen molar-refractivity contribution in [2.24, 2.45) is 0 Å². The molecule has 1 aliphatic rings. The van der Waals surface area contributed by atoms with Gasteiger partial charge in [-0.15, -0.1) is 12.4 Å². The lowest BCUT2D eigenvalue weighted by Gasteiger charge is -2.04. The Balaban J connectivity index is 0.00000112. The molecular weight excluding hydrogens is 214 g/mol. The Bertz CT molecular complexity index is 326. The Morgan fingerprint density at radius 3 is 2.53 bits per heavy atom. The first kappa shape index (κ1) is 12.1. The second-order valence-corrected chi connectivity index (χ2v) is 3.80. The van der Waals surface area contributed by atoms with Gasteiger partial charge in [-0.3, -0.25) is 0 Å². The highest BCUT2D eigenvalue weighted by Gasteiger charge is 2.19. The smallest absolute Gasteiger partial charge is 0.157 e. The molecule has 0 radical (unpaired) electrons. The van der Waals surface area contributed by atoms with Gasteiger partial charge in [-0.05, 0) is 43.5 Å². The van der Waals surface area contributed by atoms with E-state index in [1.165, 1.54) is 18.9 Å². The van der Waals surface area contributed by atoms with Gasteiger partial charge < -0.3 is 15.5 Å². The molecule has 15 heavy (non-hydrogen) atoms. The molecule has 0 saturated heterocycles. The van der Waals surface area contributed by atoms with Crippen LogP contribution in [-0.2, 0) is 6.42 Å². The number of hydrogen-bond acceptors (Lipinski definition) is 3. The van der Waals surface area contributed by atoms with Crippen molar-refractivity contribution >= 4 is 12.4 Å². The molecule has 0 unspecified atom stereocenters. The van der Waals surface area contributed by atoms with Crippen LogP contribution in [0.25, 0.3) is 0 Å². The molecule has 4 heteroatoms. The maximum atomic E-state index is 9.25. The molecule has 2 rings (SSSR count). The molecule has 0 amide bonds. The van der Waals surface area contributed by atoms with Crippen LogP contribution in [0.2, 0.25) is 0 Å². The summed E-state index contributed by atoms with van der Waals surface area (Å²) in [6.07, 6.45) is 3.48. The van der Waals surface area contributed by atoms with E-state index in [4.69, 9.17) is 5.11 Å². The third-order valence-electron chi connectivity index (χ3n) is 2.46. The van der Waals surface area contributed by atoms with Crippen LogP contribution in [0.1, 0.15) is 18.4 Å². The van der Waals surface area contributed by atoms with Crippen molar-refractivity contribution in [3.63, 3.8) is 0 Å². The number of benzene rings is 1. The maximum absolute atomic E-state index is 9.25. The molecule has 0 atom stereocenters. The van der Waals surface area contributed by atoms with Crippen LogP contribution in [0.3, 0.4) is 0 Å². The van der Waals surface area contributed by atoms with Crippen LogP contribution in [0.15, 0.2) is 18.2 Å². The van der Waals surface area contributed by atoms with Gasteiger partial charge in [-0.2, -0.15) is 0 Å². The van der Waals surface area contributed by atoms with Crippen LogP contribution in [-0.4, -0.2) is 22.8 Å². The predicted molar refractivity (Wildman–Crippen MR) is 61.7 cm³/mol. The van der Waals surface area contributed by atoms with E-state index >= 15 is 0 Å². The number of halogens is 1. The zero-order valence-electron chi connectivity index (χ0n) is 8.44. The Labute approximate surface area is 95.5 Å². The summed E-state index contributed by atoms with van der Waals surface area (Å²) in [7, 11) is 0. The zero-order chi connectivity index (χ0) is 9.97. The highest BCUT2D eigenvalue weighted by atomic mass is 35.5. The van der Waals surface area contributed by atoms with Crippen molar-refractivity contribution in [2.75, 3.05) is 6.54 Å². The Morgan fingerprint density at radius 2 is 1.93 bits per heavy atom. The zero-order valence-corrected chi connectivity index (χ0v) is 9.26. The number of aromatic hydroxyl groups is 2. The second-order valence-electron chi connectivity index (χ2n) is 3.80. The Hall–Kier alpha value is -0.930. The van der Waals surface area contributed by atoms with Gasteiger partial charge in [0.15, 0.2) is 11.5 Å². The predicted octanol–water partition coefficient (Wildman–Crippen LogP) is 1.81. The molecule has 1 aliphatic carbocycles. The molecule has 84 valence electrons. The van der Waals surface area contributed by atoms with Gasteiger partial charge >= 0.3 is 0 Å². The van der Waals surface area contributed by atoms with Gasteiger partial charge in [0.1, 0.15) is 0 Å². The topological polar surface area (TPSA) is 52.5 Å². The summed E-state index contributed by atoms with van der Waals surface area (Å²) >= 11 is 0. The summed E-state index contributed by atoms with van der Waals surface area (Å²) < 4.78 is 0. The van der Waals surface area contributed by atoms with Gasteiger partial charge in [0.05, 0.1) is 0 Å². The molecule has 1 fully saturated rings. The number of phenols is 2. The first-order chi connectivity index (χ1) is 6.75. The first-order valence-corrected chi connectivity index (χ1v) is 5.00. The van der Waals surface area contributed by atoms with Crippen molar-refractivity contribution in [3.05, 3.63) is 23.8 Å². The van der Waals surface area contributed by atoms with Gasteiger partial charge in [-0.1, -0.05) is 6.07 Å². The highest BCUT2D eigenvalue weighted by Crippen LogP contribution is 2.25. The van der Waals surface area contributed by atoms with Crippen molar-refractivity contribution < 1.29 is 10.2 Å². The van der Waals surface area contributed by atoms with Crippen molar-refractivity contribution in [1.82, 2.24) is 5.32 Å². The van der Waals surface area contributed by atoms with E-state index in [1.54, 1.807) is 6.07 Å². The summed E-state index contributed by atoms with van der Waals surface area (Å²) in [5.41, 5.74) is 1.05. The Kier molecular flexibility index (Phi) is 4.24. The van der Waals surface area contributed by atoms with Crippen LogP contribution in [0.5, 0.6) is 11.5 Å². The highest BCUT2D eigenvalue weighted by molar-refractivity contribution is 5.85. The molecule has 0 spiro atoms.